The molecule has 3 aromatic carbocycles. The van der Waals surface area contributed by atoms with Crippen molar-refractivity contribution < 1.29 is 13.6 Å². The Bertz CT molecular complexity index is 1490. The highest BCUT2D eigenvalue weighted by molar-refractivity contribution is 6.31. The molecule has 5 aromatic rings. The molecule has 0 bridgehead atoms. The third-order valence-corrected chi connectivity index (χ3v) is 5.74. The quantitative estimate of drug-likeness (QED) is 0.319. The topological polar surface area (TPSA) is 43.4 Å². The van der Waals surface area contributed by atoms with E-state index in [1.807, 2.05) is 67.6 Å². The van der Waals surface area contributed by atoms with Crippen LogP contribution in [0.5, 0.6) is 0 Å². The molecule has 0 unspecified atom stereocenters. The number of hydrogen-bond donors (Lipinski definition) is 0. The first-order chi connectivity index (χ1) is 13.7. The van der Waals surface area contributed by atoms with Gasteiger partial charge in [0.05, 0.1) is 0 Å². The summed E-state index contributed by atoms with van der Waals surface area (Å²) in [5, 5.41) is 3.04. The first-order valence-electron chi connectivity index (χ1n) is 9.37. The Hall–Kier alpha value is -3.59. The molecular weight excluding hydrogens is 348 g/mol. The molecule has 28 heavy (non-hydrogen) atoms. The zero-order chi connectivity index (χ0) is 19.0. The van der Waals surface area contributed by atoms with E-state index in [1.165, 1.54) is 0 Å². The van der Waals surface area contributed by atoms with Crippen LogP contribution in [0.4, 0.5) is 0 Å². The van der Waals surface area contributed by atoms with Crippen LogP contribution in [0.3, 0.4) is 0 Å². The van der Waals surface area contributed by atoms with Crippen molar-refractivity contribution in [1.29, 1.82) is 0 Å². The summed E-state index contributed by atoms with van der Waals surface area (Å²) in [5.74, 6) is 0.872. The van der Waals surface area contributed by atoms with Gasteiger partial charge in [-0.3, -0.25) is 4.79 Å². The smallest absolute Gasteiger partial charge is 0.194 e. The maximum atomic E-state index is 13.2. The lowest BCUT2D eigenvalue weighted by molar-refractivity contribution is 0.104. The Labute approximate surface area is 160 Å². The zero-order valence-electron chi connectivity index (χ0n) is 15.5. The number of allylic oxidation sites excluding steroid dienone is 1. The number of fused-ring (bicyclic) bond motifs is 9. The summed E-state index contributed by atoms with van der Waals surface area (Å²) in [6.45, 7) is 4.02. The van der Waals surface area contributed by atoms with Crippen LogP contribution in [0.25, 0.3) is 50.1 Å². The standard InChI is InChI=1S/C25H16O3/c1-3-6-18-13(2)14-9-10-17-23(25(14)28-18)22-16(24(17)26)11-12-20-21(22)15-7-4-5-8-19(15)27-20/h3-12H,1-2H3/b6-3-. The minimum Gasteiger partial charge on any atom is -0.456 e. The lowest BCUT2D eigenvalue weighted by atomic mass is 9.97. The molecule has 0 aliphatic heterocycles. The summed E-state index contributed by atoms with van der Waals surface area (Å²) in [4.78, 5) is 13.2. The van der Waals surface area contributed by atoms with Crippen molar-refractivity contribution in [1.82, 2.24) is 0 Å². The molecule has 0 spiro atoms. The van der Waals surface area contributed by atoms with E-state index in [2.05, 4.69) is 6.92 Å². The summed E-state index contributed by atoms with van der Waals surface area (Å²) in [7, 11) is 0. The number of rotatable bonds is 1. The van der Waals surface area contributed by atoms with E-state index in [4.69, 9.17) is 8.83 Å². The van der Waals surface area contributed by atoms with Crippen molar-refractivity contribution in [3.63, 3.8) is 0 Å². The van der Waals surface area contributed by atoms with Crippen molar-refractivity contribution in [3.05, 3.63) is 77.1 Å². The van der Waals surface area contributed by atoms with Crippen molar-refractivity contribution >= 4 is 44.8 Å². The predicted molar refractivity (Wildman–Crippen MR) is 112 cm³/mol. The van der Waals surface area contributed by atoms with Gasteiger partial charge in [-0.2, -0.15) is 0 Å². The van der Waals surface area contributed by atoms with Gasteiger partial charge in [-0.1, -0.05) is 30.3 Å². The molecule has 0 radical (unpaired) electrons. The molecular formula is C25H16O3. The zero-order valence-corrected chi connectivity index (χ0v) is 15.5. The second kappa shape index (κ2) is 5.23. The molecule has 0 N–H and O–H groups in total. The van der Waals surface area contributed by atoms with Gasteiger partial charge >= 0.3 is 0 Å². The van der Waals surface area contributed by atoms with Gasteiger partial charge in [0.1, 0.15) is 22.5 Å². The van der Waals surface area contributed by atoms with Gasteiger partial charge in [0.2, 0.25) is 0 Å². The number of ketones is 1. The Morgan fingerprint density at radius 2 is 1.61 bits per heavy atom. The molecule has 0 saturated carbocycles. The fourth-order valence-corrected chi connectivity index (χ4v) is 4.46. The summed E-state index contributed by atoms with van der Waals surface area (Å²) in [6.07, 6.45) is 3.93. The fraction of sp³-hybridized carbons (Fsp3) is 0.0800. The molecule has 2 aromatic heterocycles. The summed E-state index contributed by atoms with van der Waals surface area (Å²) < 4.78 is 12.3. The van der Waals surface area contributed by atoms with Crippen molar-refractivity contribution in [3.8, 4) is 11.1 Å². The molecule has 0 fully saturated rings. The van der Waals surface area contributed by atoms with E-state index in [1.54, 1.807) is 0 Å². The van der Waals surface area contributed by atoms with E-state index >= 15 is 0 Å². The van der Waals surface area contributed by atoms with Crippen LogP contribution in [-0.4, -0.2) is 5.78 Å². The Balaban J connectivity index is 1.84. The van der Waals surface area contributed by atoms with E-state index in [-0.39, 0.29) is 5.78 Å². The molecule has 2 heterocycles. The normalized spacial score (nSPS) is 13.3. The predicted octanol–water partition coefficient (Wildman–Crippen LogP) is 6.89. The van der Waals surface area contributed by atoms with E-state index < -0.39 is 0 Å². The van der Waals surface area contributed by atoms with Crippen LogP contribution >= 0.6 is 0 Å². The van der Waals surface area contributed by atoms with Crippen LogP contribution in [0.15, 0.2) is 63.4 Å². The molecule has 6 rings (SSSR count). The molecule has 3 nitrogen and oxygen atoms in total. The third kappa shape index (κ3) is 1.76. The molecule has 1 aliphatic carbocycles. The first-order valence-corrected chi connectivity index (χ1v) is 9.37. The Kier molecular flexibility index (Phi) is 2.89. The number of para-hydroxylation sites is 1. The molecule has 0 atom stereocenters. The van der Waals surface area contributed by atoms with E-state index in [0.29, 0.717) is 11.1 Å². The van der Waals surface area contributed by atoms with Crippen LogP contribution in [-0.2, 0) is 0 Å². The van der Waals surface area contributed by atoms with Crippen LogP contribution in [0, 0.1) is 6.92 Å². The molecule has 134 valence electrons. The third-order valence-electron chi connectivity index (χ3n) is 5.74. The molecule has 0 saturated heterocycles. The van der Waals surface area contributed by atoms with Gasteiger partial charge in [-0.05, 0) is 44.2 Å². The van der Waals surface area contributed by atoms with Gasteiger partial charge < -0.3 is 8.83 Å². The number of furan rings is 2. The minimum absolute atomic E-state index is 0.0423. The average Bonchev–Trinajstić information content (AvgIpc) is 3.33. The number of carbonyl (C=O) groups excluding carboxylic acids is 1. The highest BCUT2D eigenvalue weighted by Crippen LogP contribution is 2.48. The maximum Gasteiger partial charge on any atom is 0.194 e. The van der Waals surface area contributed by atoms with Crippen molar-refractivity contribution in [2.45, 2.75) is 13.8 Å². The molecule has 0 amide bonds. The minimum atomic E-state index is 0.0423. The summed E-state index contributed by atoms with van der Waals surface area (Å²) >= 11 is 0. The lowest BCUT2D eigenvalue weighted by Crippen LogP contribution is -1.94. The van der Waals surface area contributed by atoms with Gasteiger partial charge in [-0.25, -0.2) is 0 Å². The van der Waals surface area contributed by atoms with Crippen LogP contribution in [0.1, 0.15) is 34.2 Å². The van der Waals surface area contributed by atoms with E-state index in [0.717, 1.165) is 55.4 Å². The molecule has 1 aliphatic rings. The molecule has 3 heteroatoms. The SMILES string of the molecule is C/C=C\c1oc2c3c(ccc2c1C)C(=O)c1ccc2oc4ccccc4c2c1-3. The summed E-state index contributed by atoms with van der Waals surface area (Å²) in [5.41, 5.74) is 6.68. The Morgan fingerprint density at radius 3 is 2.46 bits per heavy atom. The lowest BCUT2D eigenvalue weighted by Gasteiger charge is -2.03. The largest absolute Gasteiger partial charge is 0.456 e. The highest BCUT2D eigenvalue weighted by atomic mass is 16.3. The number of hydrogen-bond acceptors (Lipinski definition) is 3. The van der Waals surface area contributed by atoms with Gasteiger partial charge in [0.15, 0.2) is 5.78 Å². The monoisotopic (exact) mass is 364 g/mol. The van der Waals surface area contributed by atoms with Gasteiger partial charge in [-0.15, -0.1) is 0 Å². The first kappa shape index (κ1) is 15.5. The van der Waals surface area contributed by atoms with Gasteiger partial charge in [0, 0.05) is 44.0 Å². The van der Waals surface area contributed by atoms with Crippen LogP contribution in [0.2, 0.25) is 0 Å². The van der Waals surface area contributed by atoms with Crippen molar-refractivity contribution in [2.75, 3.05) is 0 Å². The summed E-state index contributed by atoms with van der Waals surface area (Å²) in [6, 6.07) is 15.6. The highest BCUT2D eigenvalue weighted by Gasteiger charge is 2.33. The second-order valence-electron chi connectivity index (χ2n) is 7.24. The van der Waals surface area contributed by atoms with E-state index in [9.17, 15) is 4.79 Å². The Morgan fingerprint density at radius 1 is 0.821 bits per heavy atom. The van der Waals surface area contributed by atoms with Crippen molar-refractivity contribution in [2.24, 2.45) is 0 Å². The maximum absolute atomic E-state index is 13.2. The van der Waals surface area contributed by atoms with Crippen LogP contribution < -0.4 is 0 Å². The average molecular weight is 364 g/mol. The fourth-order valence-electron chi connectivity index (χ4n) is 4.46. The number of carbonyl (C=O) groups is 1. The van der Waals surface area contributed by atoms with Gasteiger partial charge in [0.25, 0.3) is 0 Å². The second-order valence-corrected chi connectivity index (χ2v) is 7.24. The number of benzene rings is 3. The number of aryl methyl sites for hydroxylation is 1.